The largest absolute Gasteiger partial charge is 0.320 e. The number of hydrogen-bond donors (Lipinski definition) is 2. The van der Waals surface area contributed by atoms with E-state index in [2.05, 4.69) is 16.6 Å². The van der Waals surface area contributed by atoms with Crippen molar-refractivity contribution in [3.63, 3.8) is 0 Å². The number of nitrogens with two attached hydrogens (primary N) is 1. The zero-order valence-corrected chi connectivity index (χ0v) is 13.5. The number of nitrogens with one attached hydrogen (secondary N) is 1. The predicted molar refractivity (Wildman–Crippen MR) is 85.6 cm³/mol. The first-order valence-corrected chi connectivity index (χ1v) is 9.24. The average Bonchev–Trinajstić information content (AvgIpc) is 2.41. The van der Waals surface area contributed by atoms with Crippen LogP contribution >= 0.6 is 23.4 Å². The summed E-state index contributed by atoms with van der Waals surface area (Å²) < 4.78 is 26.7. The third-order valence-corrected chi connectivity index (χ3v) is 5.01. The summed E-state index contributed by atoms with van der Waals surface area (Å²) in [6.45, 7) is 0.642. The van der Waals surface area contributed by atoms with Crippen molar-refractivity contribution < 1.29 is 8.42 Å². The van der Waals surface area contributed by atoms with Gasteiger partial charge in [0.05, 0.1) is 11.6 Å². The van der Waals surface area contributed by atoms with Crippen molar-refractivity contribution in [2.75, 3.05) is 25.1 Å². The highest BCUT2D eigenvalue weighted by molar-refractivity contribution is 7.98. The molecular formula is C13H17ClN2O2S2. The average molecular weight is 333 g/mol. The second kappa shape index (κ2) is 8.55. The first kappa shape index (κ1) is 17.3. The zero-order valence-electron chi connectivity index (χ0n) is 11.1. The second-order valence-corrected chi connectivity index (χ2v) is 7.02. The highest BCUT2D eigenvalue weighted by Crippen LogP contribution is 2.22. The van der Waals surface area contributed by atoms with Gasteiger partial charge in [-0.25, -0.2) is 13.1 Å². The first-order chi connectivity index (χ1) is 9.51. The van der Waals surface area contributed by atoms with Gasteiger partial charge in [0.2, 0.25) is 10.0 Å². The lowest BCUT2D eigenvalue weighted by Gasteiger charge is -2.08. The van der Waals surface area contributed by atoms with Crippen LogP contribution in [0.3, 0.4) is 0 Å². The molecule has 1 aromatic rings. The second-order valence-electron chi connectivity index (χ2n) is 3.90. The van der Waals surface area contributed by atoms with Gasteiger partial charge in [-0.15, -0.1) is 0 Å². The van der Waals surface area contributed by atoms with Crippen molar-refractivity contribution in [3.05, 3.63) is 28.8 Å². The molecule has 1 aromatic carbocycles. The van der Waals surface area contributed by atoms with Crippen LogP contribution in [-0.2, 0) is 10.0 Å². The maximum Gasteiger partial charge on any atom is 0.242 e. The van der Waals surface area contributed by atoms with Crippen LogP contribution in [0.15, 0.2) is 23.1 Å². The van der Waals surface area contributed by atoms with Crippen molar-refractivity contribution in [2.45, 2.75) is 11.3 Å². The lowest BCUT2D eigenvalue weighted by molar-refractivity contribution is 0.581. The van der Waals surface area contributed by atoms with Crippen LogP contribution in [0.5, 0.6) is 0 Å². The molecule has 110 valence electrons. The minimum atomic E-state index is -3.57. The van der Waals surface area contributed by atoms with E-state index in [0.717, 1.165) is 12.2 Å². The van der Waals surface area contributed by atoms with Gasteiger partial charge in [0, 0.05) is 12.1 Å². The van der Waals surface area contributed by atoms with Gasteiger partial charge in [-0.3, -0.25) is 0 Å². The molecule has 0 spiro atoms. The summed E-state index contributed by atoms with van der Waals surface area (Å²) in [7, 11) is -3.57. The van der Waals surface area contributed by atoms with Crippen LogP contribution in [0.2, 0.25) is 5.02 Å². The molecule has 0 unspecified atom stereocenters. The molecule has 0 aliphatic carbocycles. The summed E-state index contributed by atoms with van der Waals surface area (Å²) in [5, 5.41) is 0.159. The number of halogens is 1. The van der Waals surface area contributed by atoms with E-state index in [1.807, 2.05) is 6.26 Å². The molecule has 0 saturated carbocycles. The van der Waals surface area contributed by atoms with E-state index in [0.29, 0.717) is 12.1 Å². The summed E-state index contributed by atoms with van der Waals surface area (Å²) in [4.78, 5) is 0.0709. The van der Waals surface area contributed by atoms with Crippen LogP contribution in [-0.4, -0.2) is 33.5 Å². The smallest absolute Gasteiger partial charge is 0.242 e. The maximum absolute atomic E-state index is 12.1. The van der Waals surface area contributed by atoms with Crippen molar-refractivity contribution >= 4 is 33.4 Å². The molecule has 0 radical (unpaired) electrons. The van der Waals surface area contributed by atoms with Crippen LogP contribution in [0.25, 0.3) is 0 Å². The lowest BCUT2D eigenvalue weighted by Crippen LogP contribution is -2.25. The van der Waals surface area contributed by atoms with Crippen molar-refractivity contribution in [1.29, 1.82) is 0 Å². The molecule has 0 aliphatic rings. The van der Waals surface area contributed by atoms with Crippen LogP contribution in [0.1, 0.15) is 12.0 Å². The van der Waals surface area contributed by atoms with Crippen LogP contribution in [0.4, 0.5) is 0 Å². The number of sulfonamides is 1. The number of thioether (sulfide) groups is 1. The molecule has 0 aliphatic heterocycles. The van der Waals surface area contributed by atoms with Gasteiger partial charge in [0.15, 0.2) is 0 Å². The van der Waals surface area contributed by atoms with Gasteiger partial charge in [0.1, 0.15) is 4.90 Å². The van der Waals surface area contributed by atoms with E-state index >= 15 is 0 Å². The highest BCUT2D eigenvalue weighted by Gasteiger charge is 2.17. The first-order valence-electron chi connectivity index (χ1n) is 5.98. The van der Waals surface area contributed by atoms with Crippen LogP contribution < -0.4 is 10.5 Å². The molecule has 4 nitrogen and oxygen atoms in total. The van der Waals surface area contributed by atoms with Gasteiger partial charge in [0.25, 0.3) is 0 Å². The Morgan fingerprint density at radius 3 is 2.80 bits per heavy atom. The molecule has 0 bridgehead atoms. The molecule has 0 heterocycles. The summed E-state index contributed by atoms with van der Waals surface area (Å²) in [5.74, 6) is 6.40. The van der Waals surface area contributed by atoms with E-state index in [1.54, 1.807) is 17.8 Å². The summed E-state index contributed by atoms with van der Waals surface area (Å²) >= 11 is 7.69. The van der Waals surface area contributed by atoms with E-state index in [-0.39, 0.29) is 16.5 Å². The minimum absolute atomic E-state index is 0.0709. The molecule has 0 saturated heterocycles. The SMILES string of the molecule is CSCCCNS(=O)(=O)c1ccc(C#CCN)cc1Cl. The Morgan fingerprint density at radius 2 is 2.20 bits per heavy atom. The molecule has 3 N–H and O–H groups in total. The minimum Gasteiger partial charge on any atom is -0.320 e. The van der Waals surface area contributed by atoms with Gasteiger partial charge < -0.3 is 5.73 Å². The molecule has 0 atom stereocenters. The quantitative estimate of drug-likeness (QED) is 0.614. The Morgan fingerprint density at radius 1 is 1.45 bits per heavy atom. The molecule has 0 amide bonds. The molecular weight excluding hydrogens is 316 g/mol. The summed E-state index contributed by atoms with van der Waals surface area (Å²) in [5.41, 5.74) is 5.92. The topological polar surface area (TPSA) is 72.2 Å². The monoisotopic (exact) mass is 332 g/mol. The van der Waals surface area contributed by atoms with Crippen molar-refractivity contribution in [3.8, 4) is 11.8 Å². The van der Waals surface area contributed by atoms with Crippen LogP contribution in [0, 0.1) is 11.8 Å². The Kier molecular flexibility index (Phi) is 7.41. The van der Waals surface area contributed by atoms with Crippen molar-refractivity contribution in [2.24, 2.45) is 5.73 Å². The number of hydrogen-bond acceptors (Lipinski definition) is 4. The van der Waals surface area contributed by atoms with E-state index in [1.165, 1.54) is 12.1 Å². The summed E-state index contributed by atoms with van der Waals surface area (Å²) in [6, 6.07) is 4.60. The molecule has 0 fully saturated rings. The fourth-order valence-electron chi connectivity index (χ4n) is 1.45. The Balaban J connectivity index is 2.85. The van der Waals surface area contributed by atoms with E-state index < -0.39 is 10.0 Å². The third-order valence-electron chi connectivity index (χ3n) is 2.37. The lowest BCUT2D eigenvalue weighted by atomic mass is 10.2. The van der Waals surface area contributed by atoms with Gasteiger partial charge in [-0.05, 0) is 36.6 Å². The Bertz CT molecular complexity index is 607. The number of rotatable bonds is 6. The third kappa shape index (κ3) is 5.35. The normalized spacial score (nSPS) is 10.9. The fourth-order valence-corrected chi connectivity index (χ4v) is 3.50. The molecule has 1 rings (SSSR count). The number of benzene rings is 1. The van der Waals surface area contributed by atoms with Gasteiger partial charge in [-0.1, -0.05) is 23.4 Å². The maximum atomic E-state index is 12.1. The molecule has 20 heavy (non-hydrogen) atoms. The van der Waals surface area contributed by atoms with E-state index in [9.17, 15) is 8.42 Å². The molecule has 0 aromatic heterocycles. The van der Waals surface area contributed by atoms with Crippen molar-refractivity contribution in [1.82, 2.24) is 4.72 Å². The molecule has 7 heteroatoms. The Hall–Kier alpha value is -0.710. The summed E-state index contributed by atoms with van der Waals surface area (Å²) in [6.07, 6.45) is 2.75. The van der Waals surface area contributed by atoms with Gasteiger partial charge in [-0.2, -0.15) is 11.8 Å². The highest BCUT2D eigenvalue weighted by atomic mass is 35.5. The van der Waals surface area contributed by atoms with E-state index in [4.69, 9.17) is 17.3 Å². The van der Waals surface area contributed by atoms with Gasteiger partial charge >= 0.3 is 0 Å². The fraction of sp³-hybridized carbons (Fsp3) is 0.385. The zero-order chi connectivity index (χ0) is 15.0. The Labute approximate surface area is 129 Å². The standard InChI is InChI=1S/C13H17ClN2O2S2/c1-19-9-3-8-16-20(17,18)13-6-5-11(4-2-7-15)10-12(13)14/h5-6,10,16H,3,7-9,15H2,1H3. The predicted octanol–water partition coefficient (Wildman–Crippen LogP) is 1.68.